The van der Waals surface area contributed by atoms with Gasteiger partial charge < -0.3 is 9.64 Å². The van der Waals surface area contributed by atoms with Crippen LogP contribution >= 0.6 is 0 Å². The Morgan fingerprint density at radius 2 is 2.10 bits per heavy atom. The third-order valence-corrected chi connectivity index (χ3v) is 2.97. The molecule has 1 atom stereocenters. The van der Waals surface area contributed by atoms with E-state index in [1.807, 2.05) is 6.92 Å². The molecular weight excluding hydrogens is 268 g/mol. The van der Waals surface area contributed by atoms with Crippen LogP contribution in [0.4, 0.5) is 8.78 Å². The van der Waals surface area contributed by atoms with Crippen molar-refractivity contribution in [1.82, 2.24) is 4.90 Å². The van der Waals surface area contributed by atoms with E-state index in [1.54, 1.807) is 0 Å². The van der Waals surface area contributed by atoms with Crippen LogP contribution in [0.5, 0.6) is 0 Å². The highest BCUT2D eigenvalue weighted by atomic mass is 19.2. The average molecular weight is 285 g/mol. The first kappa shape index (κ1) is 16.1. The van der Waals surface area contributed by atoms with Gasteiger partial charge >= 0.3 is 5.97 Å². The number of nitrogens with zero attached hydrogens (tertiary/aromatic N) is 1. The number of benzene rings is 1. The summed E-state index contributed by atoms with van der Waals surface area (Å²) in [5, 5.41) is 0. The summed E-state index contributed by atoms with van der Waals surface area (Å²) in [7, 11) is 1.22. The standard InChI is InChI=1S/C14H17F2NO3/c1-3-4-13(17(9-18)8-14(19)20-2)10-5-6-11(15)12(16)7-10/h5-7,9,13H,3-4,8H2,1-2H3. The van der Waals surface area contributed by atoms with Crippen molar-refractivity contribution in [2.24, 2.45) is 0 Å². The molecule has 0 spiro atoms. The zero-order chi connectivity index (χ0) is 15.1. The summed E-state index contributed by atoms with van der Waals surface area (Å²) < 4.78 is 30.8. The van der Waals surface area contributed by atoms with Crippen LogP contribution in [0.25, 0.3) is 0 Å². The Labute approximate surface area is 116 Å². The maximum absolute atomic E-state index is 13.3. The van der Waals surface area contributed by atoms with Gasteiger partial charge in [0.15, 0.2) is 11.6 Å². The summed E-state index contributed by atoms with van der Waals surface area (Å²) in [6, 6.07) is 2.97. The second-order valence-electron chi connectivity index (χ2n) is 4.33. The van der Waals surface area contributed by atoms with Crippen molar-refractivity contribution in [2.75, 3.05) is 13.7 Å². The number of carbonyl (C=O) groups is 2. The molecule has 6 heteroatoms. The van der Waals surface area contributed by atoms with Crippen molar-refractivity contribution in [3.05, 3.63) is 35.4 Å². The number of hydrogen-bond acceptors (Lipinski definition) is 3. The Bertz CT molecular complexity index is 479. The van der Waals surface area contributed by atoms with Crippen molar-refractivity contribution in [3.63, 3.8) is 0 Å². The molecule has 0 aromatic heterocycles. The van der Waals surface area contributed by atoms with Gasteiger partial charge in [0.2, 0.25) is 6.41 Å². The molecule has 0 fully saturated rings. The molecule has 1 amide bonds. The van der Waals surface area contributed by atoms with E-state index in [1.165, 1.54) is 18.1 Å². The van der Waals surface area contributed by atoms with E-state index in [4.69, 9.17) is 0 Å². The van der Waals surface area contributed by atoms with E-state index in [0.29, 0.717) is 18.4 Å². The average Bonchev–Trinajstić information content (AvgIpc) is 2.45. The van der Waals surface area contributed by atoms with Gasteiger partial charge in [0.1, 0.15) is 6.54 Å². The lowest BCUT2D eigenvalue weighted by molar-refractivity contribution is -0.145. The SMILES string of the molecule is CCCC(c1ccc(F)c(F)c1)N(C=O)CC(=O)OC. The third-order valence-electron chi connectivity index (χ3n) is 2.97. The molecule has 0 saturated carbocycles. The van der Waals surface area contributed by atoms with Crippen molar-refractivity contribution in [3.8, 4) is 0 Å². The van der Waals surface area contributed by atoms with Crippen molar-refractivity contribution >= 4 is 12.4 Å². The molecular formula is C14H17F2NO3. The Morgan fingerprint density at radius 3 is 2.60 bits per heavy atom. The molecule has 0 heterocycles. The highest BCUT2D eigenvalue weighted by molar-refractivity contribution is 5.74. The molecule has 20 heavy (non-hydrogen) atoms. The predicted octanol–water partition coefficient (Wildman–Crippen LogP) is 2.44. The fourth-order valence-electron chi connectivity index (χ4n) is 1.95. The second kappa shape index (κ2) is 7.57. The summed E-state index contributed by atoms with van der Waals surface area (Å²) in [4.78, 5) is 23.7. The lowest BCUT2D eigenvalue weighted by Crippen LogP contribution is -2.33. The molecule has 0 aliphatic carbocycles. The smallest absolute Gasteiger partial charge is 0.325 e. The molecule has 0 aliphatic rings. The molecule has 0 radical (unpaired) electrons. The minimum absolute atomic E-state index is 0.232. The summed E-state index contributed by atoms with van der Waals surface area (Å²) in [5.74, 6) is -2.50. The van der Waals surface area contributed by atoms with Gasteiger partial charge in [-0.2, -0.15) is 0 Å². The van der Waals surface area contributed by atoms with Crippen LogP contribution in [-0.2, 0) is 14.3 Å². The number of hydrogen-bond donors (Lipinski definition) is 0. The fourth-order valence-corrected chi connectivity index (χ4v) is 1.95. The van der Waals surface area contributed by atoms with Gasteiger partial charge in [0.25, 0.3) is 0 Å². The quantitative estimate of drug-likeness (QED) is 0.571. The molecule has 0 bridgehead atoms. The monoisotopic (exact) mass is 285 g/mol. The minimum Gasteiger partial charge on any atom is -0.468 e. The van der Waals surface area contributed by atoms with Crippen LogP contribution in [0.2, 0.25) is 0 Å². The Hall–Kier alpha value is -1.98. The molecule has 1 aromatic carbocycles. The van der Waals surface area contributed by atoms with Gasteiger partial charge in [-0.15, -0.1) is 0 Å². The predicted molar refractivity (Wildman–Crippen MR) is 68.8 cm³/mol. The van der Waals surface area contributed by atoms with E-state index < -0.39 is 23.6 Å². The first-order valence-corrected chi connectivity index (χ1v) is 6.26. The zero-order valence-corrected chi connectivity index (χ0v) is 11.4. The van der Waals surface area contributed by atoms with Crippen LogP contribution in [0.1, 0.15) is 31.4 Å². The molecule has 1 aromatic rings. The largest absolute Gasteiger partial charge is 0.468 e. The molecule has 1 unspecified atom stereocenters. The lowest BCUT2D eigenvalue weighted by Gasteiger charge is -2.27. The number of amides is 1. The lowest BCUT2D eigenvalue weighted by atomic mass is 10.0. The maximum Gasteiger partial charge on any atom is 0.325 e. The Kier molecular flexibility index (Phi) is 6.09. The van der Waals surface area contributed by atoms with Gasteiger partial charge in [-0.05, 0) is 24.1 Å². The van der Waals surface area contributed by atoms with E-state index in [2.05, 4.69) is 4.74 Å². The van der Waals surface area contributed by atoms with E-state index in [0.717, 1.165) is 18.6 Å². The molecule has 1 rings (SSSR count). The molecule has 0 aliphatic heterocycles. The van der Waals surface area contributed by atoms with Gasteiger partial charge in [0, 0.05) is 0 Å². The van der Waals surface area contributed by atoms with Gasteiger partial charge in [0.05, 0.1) is 13.2 Å². The third kappa shape index (κ3) is 4.01. The van der Waals surface area contributed by atoms with E-state index >= 15 is 0 Å². The molecule has 0 saturated heterocycles. The number of halogens is 2. The van der Waals surface area contributed by atoms with Gasteiger partial charge in [-0.3, -0.25) is 9.59 Å². The first-order valence-electron chi connectivity index (χ1n) is 6.26. The summed E-state index contributed by atoms with van der Waals surface area (Å²) in [6.07, 6.45) is 1.76. The van der Waals surface area contributed by atoms with Crippen LogP contribution in [0.15, 0.2) is 18.2 Å². The Morgan fingerprint density at radius 1 is 1.40 bits per heavy atom. The molecule has 4 nitrogen and oxygen atoms in total. The number of rotatable bonds is 7. The fraction of sp³-hybridized carbons (Fsp3) is 0.429. The van der Waals surface area contributed by atoms with Crippen molar-refractivity contribution in [1.29, 1.82) is 0 Å². The second-order valence-corrected chi connectivity index (χ2v) is 4.33. The van der Waals surface area contributed by atoms with E-state index in [-0.39, 0.29) is 6.54 Å². The van der Waals surface area contributed by atoms with Gasteiger partial charge in [-0.25, -0.2) is 8.78 Å². The van der Waals surface area contributed by atoms with Crippen molar-refractivity contribution in [2.45, 2.75) is 25.8 Å². The Balaban J connectivity index is 3.03. The minimum atomic E-state index is -0.979. The summed E-state index contributed by atoms with van der Waals surface area (Å²) in [6.45, 7) is 1.66. The highest BCUT2D eigenvalue weighted by Gasteiger charge is 2.22. The van der Waals surface area contributed by atoms with Crippen LogP contribution in [-0.4, -0.2) is 30.9 Å². The number of methoxy groups -OCH3 is 1. The van der Waals surface area contributed by atoms with E-state index in [9.17, 15) is 18.4 Å². The zero-order valence-electron chi connectivity index (χ0n) is 11.4. The van der Waals surface area contributed by atoms with Gasteiger partial charge in [-0.1, -0.05) is 19.4 Å². The molecule has 110 valence electrons. The summed E-state index contributed by atoms with van der Waals surface area (Å²) in [5.41, 5.74) is 0.446. The van der Waals surface area contributed by atoms with Crippen molar-refractivity contribution < 1.29 is 23.1 Å². The normalized spacial score (nSPS) is 11.8. The topological polar surface area (TPSA) is 46.6 Å². The number of ether oxygens (including phenoxy) is 1. The first-order chi connectivity index (χ1) is 9.53. The molecule has 0 N–H and O–H groups in total. The van der Waals surface area contributed by atoms with Crippen LogP contribution in [0, 0.1) is 11.6 Å². The highest BCUT2D eigenvalue weighted by Crippen LogP contribution is 2.26. The van der Waals surface area contributed by atoms with Crippen LogP contribution < -0.4 is 0 Å². The number of carbonyl (C=O) groups excluding carboxylic acids is 2. The number of esters is 1. The maximum atomic E-state index is 13.3. The summed E-state index contributed by atoms with van der Waals surface area (Å²) >= 11 is 0. The van der Waals surface area contributed by atoms with Crippen LogP contribution in [0.3, 0.4) is 0 Å².